The van der Waals surface area contributed by atoms with Crippen LogP contribution in [0.25, 0.3) is 11.3 Å². The van der Waals surface area contributed by atoms with Gasteiger partial charge in [0.1, 0.15) is 12.0 Å². The average molecular weight is 279 g/mol. The summed E-state index contributed by atoms with van der Waals surface area (Å²) in [6.07, 6.45) is -2.96. The Kier molecular flexibility index (Phi) is 4.37. The molecule has 2 N–H and O–H groups in total. The van der Waals surface area contributed by atoms with Gasteiger partial charge < -0.3 is 10.2 Å². The molecule has 1 aromatic heterocycles. The summed E-state index contributed by atoms with van der Waals surface area (Å²) >= 11 is 0. The third-order valence-corrected chi connectivity index (χ3v) is 2.23. The first kappa shape index (κ1) is 14.5. The molecule has 0 bridgehead atoms. The molecule has 0 aliphatic heterocycles. The van der Waals surface area contributed by atoms with E-state index in [0.717, 1.165) is 12.1 Å². The molecule has 1 aromatic carbocycles. The smallest absolute Gasteiger partial charge is 0.416 e. The molecule has 18 heavy (non-hydrogen) atoms. The highest BCUT2D eigenvalue weighted by atomic mass is 35.5. The van der Waals surface area contributed by atoms with E-state index in [1.807, 2.05) is 0 Å². The Morgan fingerprint density at radius 1 is 1.17 bits per heavy atom. The van der Waals surface area contributed by atoms with Crippen LogP contribution in [0, 0.1) is 0 Å². The summed E-state index contributed by atoms with van der Waals surface area (Å²) < 4.78 is 42.0. The van der Waals surface area contributed by atoms with Crippen molar-refractivity contribution in [2.75, 3.05) is 0 Å². The van der Waals surface area contributed by atoms with Crippen LogP contribution in [0.2, 0.25) is 0 Å². The maximum Gasteiger partial charge on any atom is 0.416 e. The standard InChI is InChI=1S/C11H9F3N2O.ClH/c12-11(13,14)8-3-1-7(2-4-8)9-6-17-10(5-15)16-9;/h1-4,6H,5,15H2;1H. The number of aromatic nitrogens is 1. The fourth-order valence-corrected chi connectivity index (χ4v) is 1.37. The van der Waals surface area contributed by atoms with Gasteiger partial charge in [0, 0.05) is 5.56 Å². The molecule has 0 saturated heterocycles. The molecule has 1 heterocycles. The molecule has 2 aromatic rings. The van der Waals surface area contributed by atoms with E-state index in [2.05, 4.69) is 4.98 Å². The number of nitrogens with zero attached hydrogens (tertiary/aromatic N) is 1. The summed E-state index contributed by atoms with van der Waals surface area (Å²) in [5, 5.41) is 0. The fourth-order valence-electron chi connectivity index (χ4n) is 1.37. The number of oxazole rings is 1. The highest BCUT2D eigenvalue weighted by molar-refractivity contribution is 5.85. The van der Waals surface area contributed by atoms with E-state index in [9.17, 15) is 13.2 Å². The largest absolute Gasteiger partial charge is 0.447 e. The van der Waals surface area contributed by atoms with Crippen molar-refractivity contribution in [2.45, 2.75) is 12.7 Å². The van der Waals surface area contributed by atoms with Crippen molar-refractivity contribution in [1.29, 1.82) is 0 Å². The van der Waals surface area contributed by atoms with E-state index in [1.54, 1.807) is 0 Å². The van der Waals surface area contributed by atoms with Gasteiger partial charge >= 0.3 is 6.18 Å². The second-order valence-electron chi connectivity index (χ2n) is 3.41. The number of nitrogens with two attached hydrogens (primary N) is 1. The minimum absolute atomic E-state index is 0. The molecule has 0 fully saturated rings. The maximum absolute atomic E-state index is 12.3. The topological polar surface area (TPSA) is 52.0 Å². The van der Waals surface area contributed by atoms with Crippen molar-refractivity contribution in [3.05, 3.63) is 42.0 Å². The van der Waals surface area contributed by atoms with Gasteiger partial charge in [0.2, 0.25) is 5.89 Å². The van der Waals surface area contributed by atoms with E-state index in [0.29, 0.717) is 17.1 Å². The summed E-state index contributed by atoms with van der Waals surface area (Å²) in [6.45, 7) is 0.153. The Hall–Kier alpha value is -1.53. The summed E-state index contributed by atoms with van der Waals surface area (Å²) in [7, 11) is 0. The van der Waals surface area contributed by atoms with Crippen LogP contribution in [0.1, 0.15) is 11.5 Å². The molecular formula is C11H10ClF3N2O. The zero-order chi connectivity index (χ0) is 12.5. The molecular weight excluding hydrogens is 269 g/mol. The quantitative estimate of drug-likeness (QED) is 0.917. The normalized spacial score (nSPS) is 11.1. The molecule has 0 aliphatic rings. The number of hydrogen-bond acceptors (Lipinski definition) is 3. The van der Waals surface area contributed by atoms with Crippen molar-refractivity contribution in [2.24, 2.45) is 5.73 Å². The van der Waals surface area contributed by atoms with E-state index in [-0.39, 0.29) is 19.0 Å². The van der Waals surface area contributed by atoms with Gasteiger partial charge in [0.15, 0.2) is 0 Å². The van der Waals surface area contributed by atoms with E-state index >= 15 is 0 Å². The molecule has 2 rings (SSSR count). The first-order chi connectivity index (χ1) is 8.00. The van der Waals surface area contributed by atoms with Gasteiger partial charge in [0.25, 0.3) is 0 Å². The Balaban J connectivity index is 0.00000162. The summed E-state index contributed by atoms with van der Waals surface area (Å²) in [5.74, 6) is 0.347. The van der Waals surface area contributed by atoms with Gasteiger partial charge in [-0.05, 0) is 12.1 Å². The highest BCUT2D eigenvalue weighted by Gasteiger charge is 2.30. The summed E-state index contributed by atoms with van der Waals surface area (Å²) in [5.41, 5.74) is 5.65. The van der Waals surface area contributed by atoms with Crippen LogP contribution in [0.3, 0.4) is 0 Å². The van der Waals surface area contributed by atoms with Crippen LogP contribution < -0.4 is 5.73 Å². The Labute approximate surface area is 107 Å². The zero-order valence-corrected chi connectivity index (χ0v) is 9.89. The number of hydrogen-bond donors (Lipinski definition) is 1. The van der Waals surface area contributed by atoms with Gasteiger partial charge in [-0.2, -0.15) is 13.2 Å². The lowest BCUT2D eigenvalue weighted by molar-refractivity contribution is -0.137. The van der Waals surface area contributed by atoms with Crippen molar-refractivity contribution >= 4 is 12.4 Å². The maximum atomic E-state index is 12.3. The second-order valence-corrected chi connectivity index (χ2v) is 3.41. The minimum Gasteiger partial charge on any atom is -0.447 e. The average Bonchev–Trinajstić information content (AvgIpc) is 2.76. The molecule has 7 heteroatoms. The van der Waals surface area contributed by atoms with Crippen LogP contribution in [-0.2, 0) is 12.7 Å². The van der Waals surface area contributed by atoms with Crippen LogP contribution in [0.5, 0.6) is 0 Å². The molecule has 0 unspecified atom stereocenters. The van der Waals surface area contributed by atoms with Crippen molar-refractivity contribution in [3.63, 3.8) is 0 Å². The molecule has 0 aliphatic carbocycles. The molecule has 0 amide bonds. The number of alkyl halides is 3. The van der Waals surface area contributed by atoms with Crippen LogP contribution >= 0.6 is 12.4 Å². The third kappa shape index (κ3) is 3.02. The number of benzene rings is 1. The van der Waals surface area contributed by atoms with Crippen LogP contribution in [0.15, 0.2) is 34.9 Å². The summed E-state index contributed by atoms with van der Waals surface area (Å²) in [4.78, 5) is 4.02. The van der Waals surface area contributed by atoms with Crippen molar-refractivity contribution in [3.8, 4) is 11.3 Å². The van der Waals surface area contributed by atoms with Gasteiger partial charge in [-0.15, -0.1) is 12.4 Å². The number of rotatable bonds is 2. The Bertz CT molecular complexity index is 508. The van der Waals surface area contributed by atoms with E-state index < -0.39 is 11.7 Å². The lowest BCUT2D eigenvalue weighted by Gasteiger charge is -2.06. The zero-order valence-electron chi connectivity index (χ0n) is 9.07. The van der Waals surface area contributed by atoms with Crippen molar-refractivity contribution < 1.29 is 17.6 Å². The Morgan fingerprint density at radius 2 is 1.78 bits per heavy atom. The SMILES string of the molecule is Cl.NCc1nc(-c2ccc(C(F)(F)F)cc2)co1. The minimum atomic E-state index is -4.33. The van der Waals surface area contributed by atoms with Crippen molar-refractivity contribution in [1.82, 2.24) is 4.98 Å². The lowest BCUT2D eigenvalue weighted by Crippen LogP contribution is -2.04. The Morgan fingerprint density at radius 3 is 2.22 bits per heavy atom. The molecule has 3 nitrogen and oxygen atoms in total. The fraction of sp³-hybridized carbons (Fsp3) is 0.182. The molecule has 0 saturated carbocycles. The second kappa shape index (κ2) is 5.41. The van der Waals surface area contributed by atoms with Gasteiger partial charge in [0.05, 0.1) is 12.1 Å². The highest BCUT2D eigenvalue weighted by Crippen LogP contribution is 2.30. The van der Waals surface area contributed by atoms with Gasteiger partial charge in [-0.1, -0.05) is 12.1 Å². The molecule has 0 radical (unpaired) electrons. The predicted molar refractivity (Wildman–Crippen MR) is 62.1 cm³/mol. The third-order valence-electron chi connectivity index (χ3n) is 2.23. The van der Waals surface area contributed by atoms with Crippen LogP contribution in [0.4, 0.5) is 13.2 Å². The predicted octanol–water partition coefficient (Wildman–Crippen LogP) is 3.24. The molecule has 0 spiro atoms. The molecule has 98 valence electrons. The summed E-state index contributed by atoms with van der Waals surface area (Å²) in [6, 6.07) is 4.71. The number of halogens is 4. The van der Waals surface area contributed by atoms with Gasteiger partial charge in [-0.25, -0.2) is 4.98 Å². The lowest BCUT2D eigenvalue weighted by atomic mass is 10.1. The van der Waals surface area contributed by atoms with E-state index in [4.69, 9.17) is 10.2 Å². The first-order valence-corrected chi connectivity index (χ1v) is 4.83. The molecule has 0 atom stereocenters. The first-order valence-electron chi connectivity index (χ1n) is 4.83. The van der Waals surface area contributed by atoms with E-state index in [1.165, 1.54) is 18.4 Å². The van der Waals surface area contributed by atoms with Gasteiger partial charge in [-0.3, -0.25) is 0 Å². The monoisotopic (exact) mass is 278 g/mol. The van der Waals surface area contributed by atoms with Crippen LogP contribution in [-0.4, -0.2) is 4.98 Å².